The Morgan fingerprint density at radius 2 is 1.49 bits per heavy atom. The van der Waals surface area contributed by atoms with Crippen molar-refractivity contribution in [2.75, 3.05) is 18.0 Å². The topological polar surface area (TPSA) is 74.7 Å². The van der Waals surface area contributed by atoms with Crippen LogP contribution in [-0.2, 0) is 14.4 Å². The van der Waals surface area contributed by atoms with Crippen LogP contribution in [0.2, 0.25) is 5.02 Å². The highest BCUT2D eigenvalue weighted by atomic mass is 35.5. The molecule has 5 aliphatic carbocycles. The van der Waals surface area contributed by atoms with E-state index in [1.807, 2.05) is 12.1 Å². The number of piperidine rings is 1. The SMILES string of the molecule is CC1CC(=O)CCC12CCCCC2.Cc1ccc(Cl)c(N2CCC3(CCC(CC(=O)O)CC3C)CC2)c1.O=C1C=CC2(CCCCC2)CC1. The average molecular weight is 694 g/mol. The van der Waals surface area contributed by atoms with Gasteiger partial charge in [0, 0.05) is 38.8 Å². The van der Waals surface area contributed by atoms with Crippen molar-refractivity contribution in [2.45, 2.75) is 156 Å². The van der Waals surface area contributed by atoms with Crippen LogP contribution in [0.25, 0.3) is 0 Å². The molecule has 6 aliphatic rings. The maximum absolute atomic E-state index is 11.3. The molecule has 5 fully saturated rings. The molecule has 1 aliphatic heterocycles. The van der Waals surface area contributed by atoms with Gasteiger partial charge in [0.25, 0.3) is 0 Å². The summed E-state index contributed by atoms with van der Waals surface area (Å²) in [5, 5.41) is 9.89. The predicted octanol–water partition coefficient (Wildman–Crippen LogP) is 11.3. The third kappa shape index (κ3) is 9.80. The minimum Gasteiger partial charge on any atom is -0.481 e. The van der Waals surface area contributed by atoms with Crippen LogP contribution < -0.4 is 4.90 Å². The van der Waals surface area contributed by atoms with Crippen LogP contribution in [0.15, 0.2) is 30.4 Å². The van der Waals surface area contributed by atoms with Gasteiger partial charge in [-0.15, -0.1) is 0 Å². The average Bonchev–Trinajstić information content (AvgIpc) is 3.09. The highest BCUT2D eigenvalue weighted by Crippen LogP contribution is 2.52. The largest absolute Gasteiger partial charge is 0.481 e. The number of carboxylic acids is 1. The Bertz CT molecular complexity index is 1310. The van der Waals surface area contributed by atoms with Crippen LogP contribution in [0.3, 0.4) is 0 Å². The highest BCUT2D eigenvalue weighted by Gasteiger charge is 2.44. The van der Waals surface area contributed by atoms with E-state index in [2.05, 4.69) is 43.9 Å². The van der Waals surface area contributed by atoms with Crippen LogP contribution in [0.4, 0.5) is 5.69 Å². The lowest BCUT2D eigenvalue weighted by Crippen LogP contribution is -2.46. The van der Waals surface area contributed by atoms with Crippen molar-refractivity contribution in [1.82, 2.24) is 0 Å². The Labute approximate surface area is 302 Å². The normalized spacial score (nSPS) is 28.7. The van der Waals surface area contributed by atoms with Gasteiger partial charge in [-0.2, -0.15) is 0 Å². The summed E-state index contributed by atoms with van der Waals surface area (Å²) >= 11 is 6.41. The number of aliphatic carboxylic acids is 1. The molecule has 3 atom stereocenters. The van der Waals surface area contributed by atoms with Crippen molar-refractivity contribution in [2.24, 2.45) is 34.0 Å². The summed E-state index contributed by atoms with van der Waals surface area (Å²) in [7, 11) is 0. The minimum atomic E-state index is -0.646. The van der Waals surface area contributed by atoms with Crippen molar-refractivity contribution in [1.29, 1.82) is 0 Å². The fraction of sp³-hybridized carbons (Fsp3) is 0.744. The molecule has 1 heterocycles. The van der Waals surface area contributed by atoms with E-state index >= 15 is 0 Å². The summed E-state index contributed by atoms with van der Waals surface area (Å²) in [6, 6.07) is 6.24. The van der Waals surface area contributed by atoms with Gasteiger partial charge in [-0.3, -0.25) is 14.4 Å². The van der Waals surface area contributed by atoms with Crippen LogP contribution >= 0.6 is 11.6 Å². The minimum absolute atomic E-state index is 0.325. The second-order valence-electron chi connectivity index (χ2n) is 17.2. The summed E-state index contributed by atoms with van der Waals surface area (Å²) in [4.78, 5) is 35.7. The van der Waals surface area contributed by atoms with E-state index in [0.717, 1.165) is 56.6 Å². The fourth-order valence-electron chi connectivity index (χ4n) is 10.6. The van der Waals surface area contributed by atoms with Crippen LogP contribution in [0.5, 0.6) is 0 Å². The first-order valence-electron chi connectivity index (χ1n) is 19.9. The van der Waals surface area contributed by atoms with Gasteiger partial charge in [0.05, 0.1) is 10.7 Å². The standard InChI is InChI=1S/C20H28ClNO2.C12H20O.C11H16O/c1-14-3-4-17(21)18(11-14)22-9-7-20(8-10-22)6-5-16(12-15(20)2)13-19(23)24;1-10-9-11(13)5-8-12(10)6-3-2-4-7-12;12-10-4-8-11(9-5-10)6-2-1-3-7-11/h3-4,11,15-16H,5-10,12-13H2,1-2H3,(H,23,24);10H,2-9H2,1H3;4,8H,1-3,5-7,9H2. The lowest BCUT2D eigenvalue weighted by Gasteiger charge is -2.50. The molecule has 4 saturated carbocycles. The Hall–Kier alpha value is -2.14. The van der Waals surface area contributed by atoms with Crippen LogP contribution in [0, 0.1) is 40.9 Å². The van der Waals surface area contributed by atoms with E-state index in [9.17, 15) is 14.4 Å². The molecule has 1 saturated heterocycles. The van der Waals surface area contributed by atoms with Crippen molar-refractivity contribution >= 4 is 34.8 Å². The maximum atomic E-state index is 11.3. The van der Waals surface area contributed by atoms with Gasteiger partial charge >= 0.3 is 5.97 Å². The van der Waals surface area contributed by atoms with E-state index in [1.54, 1.807) is 0 Å². The number of hydrogen-bond donors (Lipinski definition) is 1. The molecular weight excluding hydrogens is 630 g/mol. The molecule has 3 unspecified atom stereocenters. The predicted molar refractivity (Wildman–Crippen MR) is 201 cm³/mol. The van der Waals surface area contributed by atoms with E-state index in [4.69, 9.17) is 16.7 Å². The first-order valence-corrected chi connectivity index (χ1v) is 20.3. The zero-order valence-electron chi connectivity index (χ0n) is 30.9. The van der Waals surface area contributed by atoms with Gasteiger partial charge in [0.15, 0.2) is 5.78 Å². The summed E-state index contributed by atoms with van der Waals surface area (Å²) in [5.41, 5.74) is 3.83. The molecule has 1 aromatic carbocycles. The van der Waals surface area contributed by atoms with Gasteiger partial charge in [-0.25, -0.2) is 0 Å². The number of carbonyl (C=O) groups excluding carboxylic acids is 2. The Morgan fingerprint density at radius 3 is 2.08 bits per heavy atom. The fourth-order valence-corrected chi connectivity index (χ4v) is 10.9. The summed E-state index contributed by atoms with van der Waals surface area (Å²) < 4.78 is 0. The van der Waals surface area contributed by atoms with Crippen LogP contribution in [0.1, 0.15) is 154 Å². The maximum Gasteiger partial charge on any atom is 0.303 e. The number of Topliss-reactive ketones (excluding diaryl/α,β-unsaturated/α-hetero) is 1. The molecule has 272 valence electrons. The van der Waals surface area contributed by atoms with Gasteiger partial charge in [0.1, 0.15) is 5.78 Å². The number of carboxylic acid groups (broad SMARTS) is 1. The molecule has 7 rings (SSSR count). The smallest absolute Gasteiger partial charge is 0.303 e. The van der Waals surface area contributed by atoms with Crippen molar-refractivity contribution < 1.29 is 19.5 Å². The number of benzene rings is 1. The quantitative estimate of drug-likeness (QED) is 0.341. The second kappa shape index (κ2) is 16.9. The molecule has 3 spiro atoms. The molecule has 6 heteroatoms. The number of hydrogen-bond acceptors (Lipinski definition) is 4. The number of allylic oxidation sites excluding steroid dienone is 2. The molecule has 0 bridgehead atoms. The summed E-state index contributed by atoms with van der Waals surface area (Å²) in [5.74, 6) is 1.83. The Balaban J connectivity index is 0.000000157. The first kappa shape index (κ1) is 38.1. The molecule has 0 aromatic heterocycles. The molecular formula is C43H64ClNO4. The molecule has 5 nitrogen and oxygen atoms in total. The zero-order valence-corrected chi connectivity index (χ0v) is 31.6. The van der Waals surface area contributed by atoms with E-state index < -0.39 is 5.97 Å². The molecule has 0 amide bonds. The summed E-state index contributed by atoms with van der Waals surface area (Å²) in [6.07, 6.45) is 28.6. The van der Waals surface area contributed by atoms with E-state index in [0.29, 0.717) is 52.0 Å². The number of nitrogens with zero attached hydrogens (tertiary/aromatic N) is 1. The monoisotopic (exact) mass is 693 g/mol. The van der Waals surface area contributed by atoms with Crippen LogP contribution in [-0.4, -0.2) is 35.7 Å². The zero-order chi connectivity index (χ0) is 35.1. The van der Waals surface area contributed by atoms with Gasteiger partial charge < -0.3 is 10.0 Å². The number of aryl methyl sites for hydroxylation is 1. The number of anilines is 1. The number of carbonyl (C=O) groups is 3. The van der Waals surface area contributed by atoms with Crippen molar-refractivity contribution in [3.05, 3.63) is 40.9 Å². The third-order valence-electron chi connectivity index (χ3n) is 14.1. The van der Waals surface area contributed by atoms with E-state index in [-0.39, 0.29) is 0 Å². The van der Waals surface area contributed by atoms with Gasteiger partial charge in [0.2, 0.25) is 0 Å². The van der Waals surface area contributed by atoms with Crippen molar-refractivity contribution in [3.8, 4) is 0 Å². The summed E-state index contributed by atoms with van der Waals surface area (Å²) in [6.45, 7) is 8.84. The Morgan fingerprint density at radius 1 is 0.837 bits per heavy atom. The highest BCUT2D eigenvalue weighted by molar-refractivity contribution is 6.33. The lowest BCUT2D eigenvalue weighted by atomic mass is 9.59. The molecule has 49 heavy (non-hydrogen) atoms. The third-order valence-corrected chi connectivity index (χ3v) is 14.4. The molecule has 0 radical (unpaired) electrons. The van der Waals surface area contributed by atoms with Crippen molar-refractivity contribution in [3.63, 3.8) is 0 Å². The number of halogens is 1. The Kier molecular flexibility index (Phi) is 13.2. The molecule has 1 N–H and O–H groups in total. The van der Waals surface area contributed by atoms with E-state index in [1.165, 1.54) is 101 Å². The lowest BCUT2D eigenvalue weighted by molar-refractivity contribution is -0.139. The first-order chi connectivity index (χ1) is 23.4. The number of rotatable bonds is 3. The number of ketones is 2. The van der Waals surface area contributed by atoms with Gasteiger partial charge in [-0.1, -0.05) is 76.1 Å². The second-order valence-corrected chi connectivity index (χ2v) is 17.6. The molecule has 1 aromatic rings. The van der Waals surface area contributed by atoms with Gasteiger partial charge in [-0.05, 0) is 135 Å².